The number of esters is 2. The van der Waals surface area contributed by atoms with Crippen LogP contribution in [0.2, 0.25) is 0 Å². The highest BCUT2D eigenvalue weighted by molar-refractivity contribution is 7.47. The molecule has 1 N–H and O–H groups in total. The van der Waals surface area contributed by atoms with Gasteiger partial charge in [-0.2, -0.15) is 0 Å². The predicted octanol–water partition coefficient (Wildman–Crippen LogP) is 18.4. The number of allylic oxidation sites excluding steroid dienone is 20. The fourth-order valence-corrected chi connectivity index (χ4v) is 8.21. The zero-order valence-electron chi connectivity index (χ0n) is 47.8. The zero-order valence-corrected chi connectivity index (χ0v) is 48.7. The number of hydrogen-bond acceptors (Lipinski definition) is 7. The van der Waals surface area contributed by atoms with E-state index >= 15 is 0 Å². The molecule has 2 unspecified atom stereocenters. The van der Waals surface area contributed by atoms with Crippen molar-refractivity contribution >= 4 is 19.8 Å². The van der Waals surface area contributed by atoms with Crippen LogP contribution in [0.3, 0.4) is 0 Å². The minimum Gasteiger partial charge on any atom is -0.462 e. The second-order valence-corrected chi connectivity index (χ2v) is 21.7. The van der Waals surface area contributed by atoms with Crippen LogP contribution in [0.25, 0.3) is 0 Å². The van der Waals surface area contributed by atoms with Crippen molar-refractivity contribution in [3.63, 3.8) is 0 Å². The molecule has 74 heavy (non-hydrogen) atoms. The van der Waals surface area contributed by atoms with Crippen LogP contribution in [-0.4, -0.2) is 74.9 Å². The Balaban J connectivity index is 4.29. The van der Waals surface area contributed by atoms with Crippen LogP contribution in [0.15, 0.2) is 122 Å². The average Bonchev–Trinajstić information content (AvgIpc) is 3.36. The van der Waals surface area contributed by atoms with Crippen molar-refractivity contribution in [2.75, 3.05) is 47.5 Å². The highest BCUT2D eigenvalue weighted by atomic mass is 31.2. The molecule has 0 radical (unpaired) electrons. The number of nitrogens with zero attached hydrogens (tertiary/aromatic N) is 1. The summed E-state index contributed by atoms with van der Waals surface area (Å²) in [4.78, 5) is 35.7. The van der Waals surface area contributed by atoms with Crippen molar-refractivity contribution in [3.05, 3.63) is 122 Å². The number of quaternary nitrogens is 1. The van der Waals surface area contributed by atoms with E-state index in [4.69, 9.17) is 18.5 Å². The molecule has 0 saturated carbocycles. The van der Waals surface area contributed by atoms with Gasteiger partial charge in [-0.3, -0.25) is 18.6 Å². The number of rotatable bonds is 52. The van der Waals surface area contributed by atoms with Gasteiger partial charge in [0.05, 0.1) is 27.7 Å². The molecule has 0 aliphatic rings. The molecule has 0 aromatic carbocycles. The first-order valence-electron chi connectivity index (χ1n) is 29.3. The van der Waals surface area contributed by atoms with Crippen molar-refractivity contribution in [3.8, 4) is 0 Å². The summed E-state index contributed by atoms with van der Waals surface area (Å²) >= 11 is 0. The van der Waals surface area contributed by atoms with E-state index in [1.54, 1.807) is 0 Å². The molecule has 0 amide bonds. The third kappa shape index (κ3) is 57.7. The van der Waals surface area contributed by atoms with E-state index in [1.807, 2.05) is 21.1 Å². The van der Waals surface area contributed by atoms with Crippen LogP contribution in [0.5, 0.6) is 0 Å². The Morgan fingerprint density at radius 2 is 0.770 bits per heavy atom. The minimum absolute atomic E-state index is 0.0188. The number of hydrogen-bond donors (Lipinski definition) is 1. The van der Waals surface area contributed by atoms with E-state index in [0.29, 0.717) is 17.4 Å². The molecule has 0 heterocycles. The lowest BCUT2D eigenvalue weighted by molar-refractivity contribution is -0.870. The highest BCUT2D eigenvalue weighted by Gasteiger charge is 2.27. The van der Waals surface area contributed by atoms with Gasteiger partial charge in [0.1, 0.15) is 19.8 Å². The van der Waals surface area contributed by atoms with E-state index in [9.17, 15) is 19.0 Å². The summed E-state index contributed by atoms with van der Waals surface area (Å²) in [6, 6.07) is 0. The quantitative estimate of drug-likeness (QED) is 0.0211. The monoisotopic (exact) mass is 1050 g/mol. The van der Waals surface area contributed by atoms with Crippen molar-refractivity contribution in [1.82, 2.24) is 0 Å². The van der Waals surface area contributed by atoms with Gasteiger partial charge in [0.25, 0.3) is 0 Å². The third-order valence-electron chi connectivity index (χ3n) is 12.0. The van der Waals surface area contributed by atoms with Gasteiger partial charge in [-0.15, -0.1) is 0 Å². The van der Waals surface area contributed by atoms with Gasteiger partial charge >= 0.3 is 19.8 Å². The summed E-state index contributed by atoms with van der Waals surface area (Å²) in [7, 11) is 1.44. The van der Waals surface area contributed by atoms with Gasteiger partial charge in [-0.1, -0.05) is 219 Å². The first-order valence-corrected chi connectivity index (χ1v) is 30.8. The van der Waals surface area contributed by atoms with Crippen molar-refractivity contribution in [2.45, 2.75) is 225 Å². The Kier molecular flexibility index (Phi) is 51.6. The molecule has 0 aromatic rings. The van der Waals surface area contributed by atoms with E-state index in [2.05, 4.69) is 135 Å². The molecule has 0 saturated heterocycles. The SMILES string of the molecule is CC/C=C\C/C=C\C/C=C\C/C=C\C/C=C\C/C=C\C/C=C\C/C=C\CCCCCCC(=O)OC(COC(=O)CCCCCCCCCCC/C=C\C/C=C\CCCCCCC)COP(=O)(O)OCC[N+](C)(C)C. The lowest BCUT2D eigenvalue weighted by atomic mass is 10.1. The topological polar surface area (TPSA) is 108 Å². The van der Waals surface area contributed by atoms with Crippen molar-refractivity contribution in [2.24, 2.45) is 0 Å². The molecular weight excluding hydrogens is 942 g/mol. The van der Waals surface area contributed by atoms with Crippen LogP contribution < -0.4 is 0 Å². The summed E-state index contributed by atoms with van der Waals surface area (Å²) in [5, 5.41) is 0. The fraction of sp³-hybridized carbons (Fsp3) is 0.656. The Bertz CT molecular complexity index is 1660. The molecule has 2 atom stereocenters. The Morgan fingerprint density at radius 1 is 0.432 bits per heavy atom. The molecule has 0 aliphatic carbocycles. The normalized spacial score (nSPS) is 14.2. The molecule has 0 aliphatic heterocycles. The smallest absolute Gasteiger partial charge is 0.462 e. The van der Waals surface area contributed by atoms with Crippen LogP contribution in [-0.2, 0) is 32.7 Å². The number of phosphoric ester groups is 1. The summed E-state index contributed by atoms with van der Waals surface area (Å²) in [6.07, 6.45) is 76.9. The largest absolute Gasteiger partial charge is 0.472 e. The molecule has 9 nitrogen and oxygen atoms in total. The van der Waals surface area contributed by atoms with Gasteiger partial charge in [0.2, 0.25) is 0 Å². The Morgan fingerprint density at radius 3 is 1.15 bits per heavy atom. The molecule has 0 aromatic heterocycles. The molecule has 0 fully saturated rings. The van der Waals surface area contributed by atoms with Crippen LogP contribution in [0.4, 0.5) is 0 Å². The summed E-state index contributed by atoms with van der Waals surface area (Å²) in [5.74, 6) is -0.839. The van der Waals surface area contributed by atoms with Crippen molar-refractivity contribution < 1.29 is 42.1 Å². The van der Waals surface area contributed by atoms with Gasteiger partial charge in [-0.05, 0) is 109 Å². The molecule has 10 heteroatoms. The lowest BCUT2D eigenvalue weighted by Gasteiger charge is -2.24. The molecule has 422 valence electrons. The maximum absolute atomic E-state index is 12.8. The average molecular weight is 1050 g/mol. The maximum atomic E-state index is 12.8. The lowest BCUT2D eigenvalue weighted by Crippen LogP contribution is -2.37. The van der Waals surface area contributed by atoms with Crippen LogP contribution in [0.1, 0.15) is 219 Å². The molecular formula is C64H109NO8P+. The number of likely N-dealkylation sites (N-methyl/N-ethyl adjacent to an activating group) is 1. The second-order valence-electron chi connectivity index (χ2n) is 20.3. The summed E-state index contributed by atoms with van der Waals surface area (Å²) < 4.78 is 34.5. The van der Waals surface area contributed by atoms with E-state index in [-0.39, 0.29) is 32.0 Å². The van der Waals surface area contributed by atoms with E-state index in [0.717, 1.165) is 116 Å². The van der Waals surface area contributed by atoms with Gasteiger partial charge in [-0.25, -0.2) is 4.57 Å². The number of unbranched alkanes of at least 4 members (excludes halogenated alkanes) is 18. The summed E-state index contributed by atoms with van der Waals surface area (Å²) in [6.45, 7) is 4.26. The van der Waals surface area contributed by atoms with E-state index in [1.165, 1.54) is 70.6 Å². The van der Waals surface area contributed by atoms with Gasteiger partial charge < -0.3 is 18.9 Å². The van der Waals surface area contributed by atoms with E-state index < -0.39 is 26.5 Å². The fourth-order valence-electron chi connectivity index (χ4n) is 7.47. The predicted molar refractivity (Wildman–Crippen MR) is 316 cm³/mol. The number of carbonyl (C=O) groups is 2. The zero-order chi connectivity index (χ0) is 54.2. The highest BCUT2D eigenvalue weighted by Crippen LogP contribution is 2.43. The standard InChI is InChI=1S/C64H108NO8P/c1-6-8-10-12-14-16-18-20-22-24-26-28-29-30-31-32-33-34-35-37-39-41-43-45-47-49-51-53-55-57-64(67)73-62(61-72-74(68,69)71-59-58-65(3,4)5)60-70-63(66)56-54-52-50-48-46-44-42-40-38-36-27-25-23-21-19-17-15-13-11-9-7-2/h8,10,14,16,19-22,25-28,30-31,33-34,37,39,43,45,62H,6-7,9,11-13,15,17-18,23-24,29,32,35-36,38,40-42,44,46-61H2,1-5H3/p+1/b10-8-,16-14-,21-19-,22-20-,27-25-,28-26-,31-30-,34-33-,39-37-,45-43-. The Labute approximate surface area is 454 Å². The van der Waals surface area contributed by atoms with Crippen molar-refractivity contribution in [1.29, 1.82) is 0 Å². The second kappa shape index (κ2) is 54.2. The first-order chi connectivity index (χ1) is 36.0. The molecule has 0 bridgehead atoms. The summed E-state index contributed by atoms with van der Waals surface area (Å²) in [5.41, 5.74) is 0. The van der Waals surface area contributed by atoms with Gasteiger partial charge in [0.15, 0.2) is 6.10 Å². The first kappa shape index (κ1) is 70.4. The maximum Gasteiger partial charge on any atom is 0.472 e. The molecule has 0 rings (SSSR count). The Hall–Kier alpha value is -3.59. The van der Waals surface area contributed by atoms with Crippen LogP contribution >= 0.6 is 7.82 Å². The number of phosphoric acid groups is 1. The number of carbonyl (C=O) groups excluding carboxylic acids is 2. The van der Waals surface area contributed by atoms with Gasteiger partial charge in [0, 0.05) is 12.8 Å². The number of ether oxygens (including phenoxy) is 2. The minimum atomic E-state index is -4.40. The molecule has 0 spiro atoms. The third-order valence-corrected chi connectivity index (χ3v) is 13.0. The van der Waals surface area contributed by atoms with Crippen LogP contribution in [0, 0.1) is 0 Å².